The van der Waals surface area contributed by atoms with E-state index in [1.807, 2.05) is 31.1 Å². The van der Waals surface area contributed by atoms with E-state index in [1.54, 1.807) is 0 Å². The number of imidazole rings is 1. The smallest absolute Gasteiger partial charge is 0.122 e. The summed E-state index contributed by atoms with van der Waals surface area (Å²) >= 11 is 0. The van der Waals surface area contributed by atoms with Crippen molar-refractivity contribution in [1.29, 1.82) is 0 Å². The minimum absolute atomic E-state index is 0.537. The van der Waals surface area contributed by atoms with Crippen LogP contribution in [0.1, 0.15) is 18.7 Å². The molecule has 1 fully saturated rings. The molecule has 0 saturated carbocycles. The van der Waals surface area contributed by atoms with Crippen molar-refractivity contribution in [3.05, 3.63) is 18.2 Å². The quantitative estimate of drug-likeness (QED) is 0.773. The molecule has 0 aromatic carbocycles. The maximum atomic E-state index is 10.4. The van der Waals surface area contributed by atoms with Gasteiger partial charge >= 0.3 is 0 Å². The van der Waals surface area contributed by atoms with Crippen molar-refractivity contribution in [2.45, 2.75) is 25.0 Å². The van der Waals surface area contributed by atoms with E-state index in [0.717, 1.165) is 38.3 Å². The molecule has 1 aromatic heterocycles. The van der Waals surface area contributed by atoms with Crippen LogP contribution in [0.15, 0.2) is 12.4 Å². The van der Waals surface area contributed by atoms with Gasteiger partial charge in [-0.2, -0.15) is 0 Å². The summed E-state index contributed by atoms with van der Waals surface area (Å²) in [6.45, 7) is 3.31. The van der Waals surface area contributed by atoms with E-state index >= 15 is 0 Å². The molecule has 1 aliphatic rings. The lowest BCUT2D eigenvalue weighted by molar-refractivity contribution is -0.0174. The van der Waals surface area contributed by atoms with Crippen molar-refractivity contribution in [3.63, 3.8) is 0 Å². The van der Waals surface area contributed by atoms with E-state index in [2.05, 4.69) is 15.2 Å². The van der Waals surface area contributed by atoms with Gasteiger partial charge in [0.2, 0.25) is 0 Å². The minimum Gasteiger partial charge on any atom is -0.388 e. The van der Waals surface area contributed by atoms with Crippen LogP contribution in [0.25, 0.3) is 0 Å². The first-order valence-corrected chi connectivity index (χ1v) is 6.17. The third kappa shape index (κ3) is 3.28. The van der Waals surface area contributed by atoms with Gasteiger partial charge in [-0.15, -0.1) is 0 Å². The molecular weight excluding hydrogens is 216 g/mol. The number of aryl methyl sites for hydroxylation is 1. The van der Waals surface area contributed by atoms with Crippen LogP contribution in [-0.2, 0) is 13.6 Å². The predicted molar refractivity (Wildman–Crippen MR) is 66.6 cm³/mol. The first-order chi connectivity index (χ1) is 8.09. The maximum absolute atomic E-state index is 10.4. The van der Waals surface area contributed by atoms with Crippen molar-refractivity contribution in [3.8, 4) is 0 Å². The summed E-state index contributed by atoms with van der Waals surface area (Å²) in [6, 6.07) is 0. The minimum atomic E-state index is -0.537. The molecule has 0 atom stereocenters. The molecule has 0 bridgehead atoms. The van der Waals surface area contributed by atoms with Crippen molar-refractivity contribution in [2.24, 2.45) is 7.05 Å². The second kappa shape index (κ2) is 5.16. The van der Waals surface area contributed by atoms with Crippen LogP contribution in [0.3, 0.4) is 0 Å². The zero-order valence-corrected chi connectivity index (χ0v) is 10.7. The molecule has 2 heterocycles. The molecule has 0 unspecified atom stereocenters. The average molecular weight is 238 g/mol. The lowest BCUT2D eigenvalue weighted by atomic mass is 9.92. The Morgan fingerprint density at radius 2 is 2.24 bits per heavy atom. The fourth-order valence-corrected chi connectivity index (χ4v) is 2.40. The van der Waals surface area contributed by atoms with E-state index in [-0.39, 0.29) is 0 Å². The second-order valence-electron chi connectivity index (χ2n) is 5.10. The number of likely N-dealkylation sites (N-methyl/N-ethyl adjacent to an activating group) is 1. The number of nitrogens with one attached hydrogen (secondary N) is 1. The van der Waals surface area contributed by atoms with Crippen LogP contribution in [0.5, 0.6) is 0 Å². The average Bonchev–Trinajstić information content (AvgIpc) is 2.64. The fourth-order valence-electron chi connectivity index (χ4n) is 2.40. The summed E-state index contributed by atoms with van der Waals surface area (Å²) in [5, 5.41) is 13.7. The van der Waals surface area contributed by atoms with Crippen LogP contribution in [-0.4, -0.2) is 51.8 Å². The first-order valence-electron chi connectivity index (χ1n) is 6.17. The number of nitrogens with zero attached hydrogens (tertiary/aromatic N) is 3. The Bertz CT molecular complexity index is 357. The molecule has 17 heavy (non-hydrogen) atoms. The van der Waals surface area contributed by atoms with Gasteiger partial charge < -0.3 is 15.0 Å². The molecule has 0 aliphatic carbocycles. The second-order valence-corrected chi connectivity index (χ2v) is 5.10. The van der Waals surface area contributed by atoms with Crippen LogP contribution in [0.4, 0.5) is 0 Å². The largest absolute Gasteiger partial charge is 0.388 e. The molecule has 1 saturated heterocycles. The summed E-state index contributed by atoms with van der Waals surface area (Å²) in [5.74, 6) is 1.03. The van der Waals surface area contributed by atoms with E-state index in [0.29, 0.717) is 6.54 Å². The fraction of sp³-hybridized carbons (Fsp3) is 0.750. The molecule has 5 heteroatoms. The van der Waals surface area contributed by atoms with Crippen molar-refractivity contribution >= 4 is 0 Å². The van der Waals surface area contributed by atoms with Crippen LogP contribution in [0, 0.1) is 0 Å². The summed E-state index contributed by atoms with van der Waals surface area (Å²) < 4.78 is 2.02. The molecule has 0 amide bonds. The monoisotopic (exact) mass is 238 g/mol. The van der Waals surface area contributed by atoms with Gasteiger partial charge in [-0.3, -0.25) is 4.90 Å². The summed E-state index contributed by atoms with van der Waals surface area (Å²) in [4.78, 5) is 6.45. The zero-order chi connectivity index (χ0) is 12.3. The Hall–Kier alpha value is -0.910. The number of rotatable bonds is 4. The molecule has 96 valence electrons. The van der Waals surface area contributed by atoms with Gasteiger partial charge in [0.05, 0.1) is 12.1 Å². The highest BCUT2D eigenvalue weighted by atomic mass is 16.3. The standard InChI is InChI=1S/C12H22N4O/c1-15(9-11-14-7-8-16(11)2)10-12(17)3-5-13-6-4-12/h7-8,13,17H,3-6,9-10H2,1-2H3. The van der Waals surface area contributed by atoms with Crippen molar-refractivity contribution in [1.82, 2.24) is 19.8 Å². The van der Waals surface area contributed by atoms with Crippen molar-refractivity contribution in [2.75, 3.05) is 26.7 Å². The molecule has 5 nitrogen and oxygen atoms in total. The molecule has 0 spiro atoms. The Morgan fingerprint density at radius 3 is 2.82 bits per heavy atom. The van der Waals surface area contributed by atoms with Gasteiger partial charge in [0, 0.05) is 26.0 Å². The number of aliphatic hydroxyl groups is 1. The van der Waals surface area contributed by atoms with E-state index in [4.69, 9.17) is 0 Å². The number of hydrogen-bond acceptors (Lipinski definition) is 4. The van der Waals surface area contributed by atoms with Crippen LogP contribution in [0.2, 0.25) is 0 Å². The Morgan fingerprint density at radius 1 is 1.53 bits per heavy atom. The first kappa shape index (κ1) is 12.5. The maximum Gasteiger partial charge on any atom is 0.122 e. The van der Waals surface area contributed by atoms with Crippen LogP contribution < -0.4 is 5.32 Å². The van der Waals surface area contributed by atoms with E-state index < -0.39 is 5.60 Å². The SMILES string of the molecule is CN(Cc1nccn1C)CC1(O)CCNCC1. The molecule has 1 aliphatic heterocycles. The Labute approximate surface area is 102 Å². The zero-order valence-electron chi connectivity index (χ0n) is 10.7. The number of hydrogen-bond donors (Lipinski definition) is 2. The molecule has 2 rings (SSSR count). The van der Waals surface area contributed by atoms with Crippen LogP contribution >= 0.6 is 0 Å². The van der Waals surface area contributed by atoms with Gasteiger partial charge in [-0.05, 0) is 33.0 Å². The number of aromatic nitrogens is 2. The summed E-state index contributed by atoms with van der Waals surface area (Å²) in [6.07, 6.45) is 5.42. The van der Waals surface area contributed by atoms with E-state index in [1.165, 1.54) is 0 Å². The predicted octanol–water partition coefficient (Wildman–Crippen LogP) is -0.0336. The highest BCUT2D eigenvalue weighted by Gasteiger charge is 2.30. The topological polar surface area (TPSA) is 53.3 Å². The summed E-state index contributed by atoms with van der Waals surface area (Å²) in [7, 11) is 4.03. The number of piperidine rings is 1. The third-order valence-corrected chi connectivity index (χ3v) is 3.43. The van der Waals surface area contributed by atoms with E-state index in [9.17, 15) is 5.11 Å². The molecule has 1 aromatic rings. The summed E-state index contributed by atoms with van der Waals surface area (Å²) in [5.41, 5.74) is -0.537. The highest BCUT2D eigenvalue weighted by molar-refractivity contribution is 4.93. The third-order valence-electron chi connectivity index (χ3n) is 3.43. The van der Waals surface area contributed by atoms with Gasteiger partial charge in [0.15, 0.2) is 0 Å². The van der Waals surface area contributed by atoms with Gasteiger partial charge in [0.25, 0.3) is 0 Å². The molecule has 0 radical (unpaired) electrons. The van der Waals surface area contributed by atoms with Crippen molar-refractivity contribution < 1.29 is 5.11 Å². The molecular formula is C12H22N4O. The molecule has 2 N–H and O–H groups in total. The van der Waals surface area contributed by atoms with Gasteiger partial charge in [-0.1, -0.05) is 0 Å². The Balaban J connectivity index is 1.88. The van der Waals surface area contributed by atoms with Gasteiger partial charge in [-0.25, -0.2) is 4.98 Å². The lowest BCUT2D eigenvalue weighted by Gasteiger charge is -2.35. The normalized spacial score (nSPS) is 19.8. The highest BCUT2D eigenvalue weighted by Crippen LogP contribution is 2.19. The Kier molecular flexibility index (Phi) is 3.81. The van der Waals surface area contributed by atoms with Gasteiger partial charge in [0.1, 0.15) is 5.82 Å². The lowest BCUT2D eigenvalue weighted by Crippen LogP contribution is -2.48.